The van der Waals surface area contributed by atoms with Crippen molar-refractivity contribution in [3.8, 4) is 11.5 Å². The maximum Gasteiger partial charge on any atom is 0.127 e. The third kappa shape index (κ3) is 3.07. The van der Waals surface area contributed by atoms with Crippen LogP contribution in [-0.2, 0) is 6.54 Å². The number of methoxy groups -OCH3 is 2. The number of nitrogens with one attached hydrogen (secondary N) is 1. The first-order valence-electron chi connectivity index (χ1n) is 7.18. The van der Waals surface area contributed by atoms with Crippen LogP contribution in [0.1, 0.15) is 31.7 Å². The normalized spacial score (nSPS) is 25.7. The monoisotopic (exact) mass is 279 g/mol. The Morgan fingerprint density at radius 2 is 2.15 bits per heavy atom. The lowest BCUT2D eigenvalue weighted by Crippen LogP contribution is -2.41. The van der Waals surface area contributed by atoms with Gasteiger partial charge in [0.25, 0.3) is 0 Å². The molecule has 1 aliphatic rings. The second-order valence-corrected chi connectivity index (χ2v) is 5.82. The highest BCUT2D eigenvalue weighted by Crippen LogP contribution is 2.37. The molecule has 0 saturated heterocycles. The molecule has 4 nitrogen and oxygen atoms in total. The number of aliphatic hydroxyl groups excluding tert-OH is 1. The third-order valence-corrected chi connectivity index (χ3v) is 4.48. The molecular formula is C16H25NO3. The molecular weight excluding hydrogens is 254 g/mol. The summed E-state index contributed by atoms with van der Waals surface area (Å²) in [6.07, 6.45) is 3.38. The van der Waals surface area contributed by atoms with Gasteiger partial charge in [-0.25, -0.2) is 0 Å². The van der Waals surface area contributed by atoms with Crippen molar-refractivity contribution in [1.82, 2.24) is 5.32 Å². The van der Waals surface area contributed by atoms with Crippen molar-refractivity contribution in [3.63, 3.8) is 0 Å². The molecule has 112 valence electrons. The summed E-state index contributed by atoms with van der Waals surface area (Å²) >= 11 is 0. The van der Waals surface area contributed by atoms with Gasteiger partial charge < -0.3 is 19.9 Å². The lowest BCUT2D eigenvalue weighted by atomic mass is 9.85. The Hall–Kier alpha value is -1.26. The number of benzene rings is 1. The van der Waals surface area contributed by atoms with Gasteiger partial charge in [0.05, 0.1) is 14.2 Å². The summed E-state index contributed by atoms with van der Waals surface area (Å²) in [5, 5.41) is 13.2. The molecule has 0 heterocycles. The van der Waals surface area contributed by atoms with Crippen LogP contribution in [0.25, 0.3) is 0 Å². The fourth-order valence-corrected chi connectivity index (χ4v) is 3.00. The molecule has 2 N–H and O–H groups in total. The molecule has 2 atom stereocenters. The molecule has 0 aliphatic heterocycles. The highest BCUT2D eigenvalue weighted by atomic mass is 16.5. The molecule has 0 aromatic heterocycles. The third-order valence-electron chi connectivity index (χ3n) is 4.48. The van der Waals surface area contributed by atoms with Crippen LogP contribution in [0, 0.1) is 5.41 Å². The Morgan fingerprint density at radius 1 is 1.35 bits per heavy atom. The Kier molecular flexibility index (Phi) is 4.89. The van der Waals surface area contributed by atoms with Crippen molar-refractivity contribution in [2.24, 2.45) is 5.41 Å². The lowest BCUT2D eigenvalue weighted by Gasteiger charge is -2.30. The average molecular weight is 279 g/mol. The van der Waals surface area contributed by atoms with E-state index in [1.807, 2.05) is 18.2 Å². The van der Waals surface area contributed by atoms with Crippen molar-refractivity contribution in [1.29, 1.82) is 0 Å². The summed E-state index contributed by atoms with van der Waals surface area (Å²) in [5.41, 5.74) is 1.11. The molecule has 0 radical (unpaired) electrons. The topological polar surface area (TPSA) is 50.7 Å². The lowest BCUT2D eigenvalue weighted by molar-refractivity contribution is 0.118. The van der Waals surface area contributed by atoms with Gasteiger partial charge in [-0.1, -0.05) is 19.4 Å². The van der Waals surface area contributed by atoms with Crippen LogP contribution in [0.4, 0.5) is 0 Å². The van der Waals surface area contributed by atoms with E-state index in [1.165, 1.54) is 6.42 Å². The van der Waals surface area contributed by atoms with E-state index in [2.05, 4.69) is 12.2 Å². The highest BCUT2D eigenvalue weighted by Gasteiger charge is 2.37. The van der Waals surface area contributed by atoms with E-state index in [1.54, 1.807) is 14.2 Å². The van der Waals surface area contributed by atoms with E-state index in [0.717, 1.165) is 36.4 Å². The maximum atomic E-state index is 9.58. The van der Waals surface area contributed by atoms with Crippen molar-refractivity contribution < 1.29 is 14.6 Å². The SMILES string of the molecule is COc1ccc(CNC2CCCC2(C)CO)c(OC)c1. The Balaban J connectivity index is 2.04. The summed E-state index contributed by atoms with van der Waals surface area (Å²) < 4.78 is 10.6. The molecule has 1 fully saturated rings. The van der Waals surface area contributed by atoms with Gasteiger partial charge in [-0.15, -0.1) is 0 Å². The zero-order valence-electron chi connectivity index (χ0n) is 12.6. The molecule has 1 aliphatic carbocycles. The quantitative estimate of drug-likeness (QED) is 0.839. The van der Waals surface area contributed by atoms with Crippen LogP contribution < -0.4 is 14.8 Å². The fraction of sp³-hybridized carbons (Fsp3) is 0.625. The van der Waals surface area contributed by atoms with E-state index in [0.29, 0.717) is 6.04 Å². The molecule has 1 aromatic carbocycles. The maximum absolute atomic E-state index is 9.58. The molecule has 0 bridgehead atoms. The van der Waals surface area contributed by atoms with Gasteiger partial charge in [-0.3, -0.25) is 0 Å². The number of ether oxygens (including phenoxy) is 2. The van der Waals surface area contributed by atoms with Gasteiger partial charge in [-0.2, -0.15) is 0 Å². The standard InChI is InChI=1S/C16H25NO3/c1-16(11-18)8-4-5-15(16)17-10-12-6-7-13(19-2)9-14(12)20-3/h6-7,9,15,17-18H,4-5,8,10-11H2,1-3H3. The van der Waals surface area contributed by atoms with Gasteiger partial charge in [0.15, 0.2) is 0 Å². The van der Waals surface area contributed by atoms with E-state index < -0.39 is 0 Å². The molecule has 2 rings (SSSR count). The van der Waals surface area contributed by atoms with Crippen molar-refractivity contribution in [3.05, 3.63) is 23.8 Å². The minimum absolute atomic E-state index is 0.000292. The van der Waals surface area contributed by atoms with E-state index in [4.69, 9.17) is 9.47 Å². The summed E-state index contributed by atoms with van der Waals surface area (Å²) in [6.45, 7) is 3.14. The fourth-order valence-electron chi connectivity index (χ4n) is 3.00. The van der Waals surface area contributed by atoms with Gasteiger partial charge in [0.1, 0.15) is 11.5 Å². The van der Waals surface area contributed by atoms with Crippen LogP contribution in [0.15, 0.2) is 18.2 Å². The van der Waals surface area contributed by atoms with Crippen LogP contribution in [0.2, 0.25) is 0 Å². The summed E-state index contributed by atoms with van der Waals surface area (Å²) in [5.74, 6) is 1.63. The Morgan fingerprint density at radius 3 is 2.80 bits per heavy atom. The molecule has 20 heavy (non-hydrogen) atoms. The van der Waals surface area contributed by atoms with E-state index >= 15 is 0 Å². The van der Waals surface area contributed by atoms with Crippen molar-refractivity contribution in [2.45, 2.75) is 38.8 Å². The Bertz CT molecular complexity index is 449. The zero-order valence-corrected chi connectivity index (χ0v) is 12.6. The van der Waals surface area contributed by atoms with Crippen LogP contribution >= 0.6 is 0 Å². The van der Waals surface area contributed by atoms with Gasteiger partial charge in [0.2, 0.25) is 0 Å². The highest BCUT2D eigenvalue weighted by molar-refractivity contribution is 5.40. The van der Waals surface area contributed by atoms with Crippen molar-refractivity contribution >= 4 is 0 Å². The average Bonchev–Trinajstić information content (AvgIpc) is 2.86. The zero-order chi connectivity index (χ0) is 14.6. The van der Waals surface area contributed by atoms with Crippen LogP contribution in [0.5, 0.6) is 11.5 Å². The summed E-state index contributed by atoms with van der Waals surface area (Å²) in [6, 6.07) is 6.23. The minimum atomic E-state index is -0.000292. The summed E-state index contributed by atoms with van der Waals surface area (Å²) in [7, 11) is 3.32. The molecule has 1 saturated carbocycles. The number of hydrogen-bond acceptors (Lipinski definition) is 4. The van der Waals surface area contributed by atoms with Gasteiger partial charge >= 0.3 is 0 Å². The van der Waals surface area contributed by atoms with E-state index in [9.17, 15) is 5.11 Å². The largest absolute Gasteiger partial charge is 0.497 e. The molecule has 0 amide bonds. The smallest absolute Gasteiger partial charge is 0.127 e. The molecule has 2 unspecified atom stereocenters. The van der Waals surface area contributed by atoms with Crippen LogP contribution in [-0.4, -0.2) is 32.0 Å². The van der Waals surface area contributed by atoms with Gasteiger partial charge in [-0.05, 0) is 18.9 Å². The van der Waals surface area contributed by atoms with E-state index in [-0.39, 0.29) is 12.0 Å². The first kappa shape index (κ1) is 15.1. The number of rotatable bonds is 6. The van der Waals surface area contributed by atoms with Gasteiger partial charge in [0, 0.05) is 36.2 Å². The van der Waals surface area contributed by atoms with Crippen molar-refractivity contribution in [2.75, 3.05) is 20.8 Å². The predicted octanol–water partition coefficient (Wildman–Crippen LogP) is 2.34. The first-order chi connectivity index (χ1) is 9.62. The number of hydrogen-bond donors (Lipinski definition) is 2. The van der Waals surface area contributed by atoms with Crippen LogP contribution in [0.3, 0.4) is 0 Å². The Labute approximate surface area is 121 Å². The second-order valence-electron chi connectivity index (χ2n) is 5.82. The minimum Gasteiger partial charge on any atom is -0.497 e. The molecule has 1 aromatic rings. The predicted molar refractivity (Wildman–Crippen MR) is 79.2 cm³/mol. The molecule has 0 spiro atoms. The molecule has 4 heteroatoms. The second kappa shape index (κ2) is 6.46. The first-order valence-corrected chi connectivity index (χ1v) is 7.18. The number of aliphatic hydroxyl groups is 1. The summed E-state index contributed by atoms with van der Waals surface area (Å²) in [4.78, 5) is 0.